The van der Waals surface area contributed by atoms with Gasteiger partial charge in [-0.3, -0.25) is 28.8 Å². The summed E-state index contributed by atoms with van der Waals surface area (Å²) in [6, 6.07) is 53.2. The van der Waals surface area contributed by atoms with Crippen molar-refractivity contribution in [2.75, 3.05) is 4.90 Å². The normalized spacial score (nSPS) is 17.4. The van der Waals surface area contributed by atoms with Crippen LogP contribution in [0.3, 0.4) is 0 Å². The van der Waals surface area contributed by atoms with Crippen LogP contribution < -0.4 is 14.4 Å². The molecule has 18 nitrogen and oxygen atoms in total. The van der Waals surface area contributed by atoms with Crippen LogP contribution in [0.15, 0.2) is 206 Å². The highest BCUT2D eigenvalue weighted by Gasteiger charge is 2.39. The van der Waals surface area contributed by atoms with Gasteiger partial charge in [0.2, 0.25) is 0 Å². The van der Waals surface area contributed by atoms with Crippen molar-refractivity contribution in [1.82, 2.24) is 0 Å². The lowest BCUT2D eigenvalue weighted by Crippen LogP contribution is -2.35. The number of benzene rings is 9. The minimum absolute atomic E-state index is 0.000913. The number of carbonyl (C=O) groups excluding carboxylic acids is 6. The Bertz CT molecular complexity index is 5800. The number of nitrogens with zero attached hydrogens (tertiary/aromatic N) is 1. The van der Waals surface area contributed by atoms with Crippen molar-refractivity contribution in [3.63, 3.8) is 0 Å². The first-order valence-corrected chi connectivity index (χ1v) is 48.4. The van der Waals surface area contributed by atoms with Gasteiger partial charge in [-0.2, -0.15) is 13.2 Å². The number of halogens is 7. The molecule has 0 bridgehead atoms. The Morgan fingerprint density at radius 1 is 0.421 bits per heavy atom. The topological polar surface area (TPSA) is 270 Å². The number of fused-ring (bicyclic) bond motifs is 1. The van der Waals surface area contributed by atoms with Crippen LogP contribution >= 0.6 is 0 Å². The molecule has 12 rings (SSSR count). The Labute approximate surface area is 733 Å². The standard InChI is InChI=1S/C27H22F3NO5S.C26H34O3S.C25H32O5S.C19H18F4O4S/c1-16(2)37(35,36)15-17-3-6-19(7-4-17)24(32)14-18-5-12-22-23(13-18)26(34)31(25(22)33)21-10-8-20(9-11-21)27(28,29)30;1-18(2)30(28,29)17-22-10-14-24(15-11-22)26(27)16-21-8-12-23(13-9-21)25-7-5-6-19(3)20(25)4;1-17(2)31(27,28)16-21-5-9-22(10-6-21)25(26)15-20-7-11-23(12-8-20)30-24-13-18(3)29-19(4)14-24;1-12(2)28(25,26)11-13-3-6-15(7-4-13)17(24)9-14-5-8-16(20)18(10-14)27-19(21,22)23/h3-13,16H,14-15H2,1-2H3;8-15,18-20,25H,5-7,16-17H2,1-4H3;5-12,17-19,24H,13-16H2,1-4H3;3-8,10,12H,9,11H2,1-2H3. The summed E-state index contributed by atoms with van der Waals surface area (Å²) in [5.41, 5.74) is 7.55. The van der Waals surface area contributed by atoms with E-state index in [1.807, 2.05) is 24.3 Å². The van der Waals surface area contributed by atoms with Crippen LogP contribution in [0.2, 0.25) is 0 Å². The van der Waals surface area contributed by atoms with E-state index < -0.39 is 108 Å². The van der Waals surface area contributed by atoms with Crippen LogP contribution in [0.25, 0.3) is 0 Å². The lowest BCUT2D eigenvalue weighted by molar-refractivity contribution is -0.275. The van der Waals surface area contributed by atoms with Gasteiger partial charge in [0, 0.05) is 60.8 Å². The first-order valence-electron chi connectivity index (χ1n) is 41.5. The Morgan fingerprint density at radius 3 is 1.13 bits per heavy atom. The minimum atomic E-state index is -5.05. The molecule has 1 aliphatic carbocycles. The second kappa shape index (κ2) is 42.5. The predicted molar refractivity (Wildman–Crippen MR) is 473 cm³/mol. The van der Waals surface area contributed by atoms with Crippen LogP contribution in [0.4, 0.5) is 36.4 Å². The number of alkyl halides is 6. The van der Waals surface area contributed by atoms with Gasteiger partial charge >= 0.3 is 12.5 Å². The van der Waals surface area contributed by atoms with Gasteiger partial charge in [-0.25, -0.2) is 43.0 Å². The third-order valence-corrected chi connectivity index (χ3v) is 31.2. The molecule has 1 saturated carbocycles. The first kappa shape index (κ1) is 99.4. The second-order valence-electron chi connectivity index (χ2n) is 33.5. The van der Waals surface area contributed by atoms with Crippen molar-refractivity contribution in [1.29, 1.82) is 0 Å². The number of ether oxygens (including phenoxy) is 3. The maximum atomic E-state index is 13.4. The van der Waals surface area contributed by atoms with Crippen molar-refractivity contribution < 1.29 is 107 Å². The number of hydrogen-bond acceptors (Lipinski definition) is 17. The zero-order valence-electron chi connectivity index (χ0n) is 72.3. The summed E-state index contributed by atoms with van der Waals surface area (Å²) in [5.74, 6) is -1.57. The number of rotatable bonds is 29. The molecule has 5 unspecified atom stereocenters. The monoisotopic (exact) mass is 1820 g/mol. The van der Waals surface area contributed by atoms with E-state index in [0.717, 1.165) is 82.5 Å². The number of amides is 2. The maximum Gasteiger partial charge on any atom is 0.573 e. The zero-order valence-corrected chi connectivity index (χ0v) is 75.5. The van der Waals surface area contributed by atoms with Gasteiger partial charge in [-0.05, 0) is 204 Å². The maximum absolute atomic E-state index is 13.4. The lowest BCUT2D eigenvalue weighted by atomic mass is 9.71. The average Bonchev–Trinajstić information content (AvgIpc) is 1.61. The predicted octanol–water partition coefficient (Wildman–Crippen LogP) is 20.5. The van der Waals surface area contributed by atoms with Crippen LogP contribution in [0, 0.1) is 17.7 Å². The van der Waals surface area contributed by atoms with E-state index in [1.54, 1.807) is 134 Å². The van der Waals surface area contributed by atoms with Crippen LogP contribution in [0.5, 0.6) is 11.5 Å². The van der Waals surface area contributed by atoms with Gasteiger partial charge in [0.15, 0.2) is 74.0 Å². The lowest BCUT2D eigenvalue weighted by Gasteiger charge is -2.34. The van der Waals surface area contributed by atoms with Crippen LogP contribution in [-0.4, -0.2) is 114 Å². The molecule has 126 heavy (non-hydrogen) atoms. The number of anilines is 1. The average molecular weight is 1820 g/mol. The fourth-order valence-corrected chi connectivity index (χ4v) is 18.4. The van der Waals surface area contributed by atoms with Crippen molar-refractivity contribution in [3.8, 4) is 11.5 Å². The van der Waals surface area contributed by atoms with Gasteiger partial charge in [-0.15, -0.1) is 13.2 Å². The summed E-state index contributed by atoms with van der Waals surface area (Å²) in [7, 11) is -12.9. The number of ketones is 4. The summed E-state index contributed by atoms with van der Waals surface area (Å²) in [6.07, 6.45) is -3.12. The molecular formula is C97H106F7NO17S4. The molecule has 0 N–H and O–H groups in total. The molecule has 1 saturated heterocycles. The number of carbonyl (C=O) groups is 6. The SMILES string of the molecule is CC(C)S(=O)(=O)Cc1ccc(C(=O)Cc2ccc(F)c(OC(F)(F)F)c2)cc1.CC(C)S(=O)(=O)Cc1ccc(C(=O)Cc2ccc3c(c2)C(=O)N(c2ccc(C(F)(F)F)cc2)C3=O)cc1.CC1CC(Oc2ccc(CC(=O)c3ccc(CS(=O)(=O)C(C)C)cc3)cc2)CC(C)O1.CC1CCCC(c2ccc(CC(=O)c3ccc(CS(=O)(=O)C(C)C)cc3)cc2)C1C. The van der Waals surface area contributed by atoms with E-state index in [4.69, 9.17) is 9.47 Å². The fraction of sp³-hybridized carbons (Fsp3) is 0.381. The summed E-state index contributed by atoms with van der Waals surface area (Å²) in [5, 5.41) is -1.86. The third-order valence-electron chi connectivity index (χ3n) is 22.5. The molecule has 2 heterocycles. The molecular weight excluding hydrogens is 1710 g/mol. The number of Topliss-reactive ketones (excluding diaryl/α,β-unsaturated/α-hetero) is 4. The summed E-state index contributed by atoms with van der Waals surface area (Å²) in [6.45, 7) is 21.9. The molecule has 2 fully saturated rings. The molecule has 9 aromatic carbocycles. The Balaban J connectivity index is 0.000000191. The van der Waals surface area contributed by atoms with Crippen LogP contribution in [-0.2, 0) is 99.0 Å². The molecule has 674 valence electrons. The first-order chi connectivity index (χ1) is 58.9. The summed E-state index contributed by atoms with van der Waals surface area (Å²) >= 11 is 0. The Morgan fingerprint density at radius 2 is 0.762 bits per heavy atom. The van der Waals surface area contributed by atoms with Gasteiger partial charge in [0.25, 0.3) is 11.8 Å². The molecule has 0 radical (unpaired) electrons. The smallest absolute Gasteiger partial charge is 0.490 e. The van der Waals surface area contributed by atoms with E-state index >= 15 is 0 Å². The van der Waals surface area contributed by atoms with E-state index in [2.05, 4.69) is 56.7 Å². The van der Waals surface area contributed by atoms with Gasteiger partial charge in [-0.1, -0.05) is 172 Å². The summed E-state index contributed by atoms with van der Waals surface area (Å²) < 4.78 is 201. The minimum Gasteiger partial charge on any atom is -0.490 e. The number of sulfone groups is 4. The Kier molecular flexibility index (Phi) is 33.6. The Hall–Kier alpha value is -10.3. The molecule has 5 atom stereocenters. The molecule has 29 heteroatoms. The number of imide groups is 1. The zero-order chi connectivity index (χ0) is 92.7. The molecule has 9 aromatic rings. The van der Waals surface area contributed by atoms with Gasteiger partial charge in [0.1, 0.15) is 11.9 Å². The van der Waals surface area contributed by atoms with Crippen molar-refractivity contribution in [2.24, 2.45) is 11.8 Å². The fourth-order valence-electron chi connectivity index (χ4n) is 14.4. The molecule has 0 spiro atoms. The quantitative estimate of drug-likeness (QED) is 0.0239. The molecule has 0 aromatic heterocycles. The van der Waals surface area contributed by atoms with E-state index in [1.165, 1.54) is 67.3 Å². The highest BCUT2D eigenvalue weighted by atomic mass is 32.2. The van der Waals surface area contributed by atoms with E-state index in [-0.39, 0.29) is 106 Å². The number of hydrogen-bond donors (Lipinski definition) is 0. The molecule has 3 aliphatic rings. The largest absolute Gasteiger partial charge is 0.573 e. The highest BCUT2D eigenvalue weighted by molar-refractivity contribution is 7.92. The van der Waals surface area contributed by atoms with Gasteiger partial charge in [0.05, 0.1) is 78.6 Å². The van der Waals surface area contributed by atoms with Crippen molar-refractivity contribution in [3.05, 3.63) is 301 Å². The van der Waals surface area contributed by atoms with Crippen molar-refractivity contribution >= 4 is 80.0 Å². The second-order valence-corrected chi connectivity index (χ2v) is 43.8. The summed E-state index contributed by atoms with van der Waals surface area (Å²) in [4.78, 5) is 77.0. The third kappa shape index (κ3) is 28.1. The van der Waals surface area contributed by atoms with Crippen LogP contribution in [0.1, 0.15) is 239 Å². The van der Waals surface area contributed by atoms with Gasteiger partial charge < -0.3 is 14.2 Å². The van der Waals surface area contributed by atoms with E-state index in [9.17, 15) is 93.2 Å². The van der Waals surface area contributed by atoms with Crippen molar-refractivity contribution in [2.45, 2.75) is 222 Å². The molecule has 2 aliphatic heterocycles. The highest BCUT2D eigenvalue weighted by Crippen LogP contribution is 2.42. The van der Waals surface area contributed by atoms with E-state index in [0.29, 0.717) is 57.2 Å². The molecule has 2 amide bonds.